The molecule has 1 saturated heterocycles. The van der Waals surface area contributed by atoms with E-state index in [9.17, 15) is 9.18 Å². The van der Waals surface area contributed by atoms with E-state index in [0.717, 1.165) is 30.8 Å². The van der Waals surface area contributed by atoms with Gasteiger partial charge in [-0.25, -0.2) is 9.37 Å². The minimum absolute atomic E-state index is 0.160. The number of amides is 1. The first-order valence-corrected chi connectivity index (χ1v) is 8.44. The van der Waals surface area contributed by atoms with E-state index in [1.165, 1.54) is 12.1 Å². The Labute approximate surface area is 146 Å². The highest BCUT2D eigenvalue weighted by molar-refractivity contribution is 5.94. The summed E-state index contributed by atoms with van der Waals surface area (Å²) >= 11 is 0. The van der Waals surface area contributed by atoms with E-state index >= 15 is 0 Å². The zero-order chi connectivity index (χ0) is 17.6. The van der Waals surface area contributed by atoms with Gasteiger partial charge in [-0.05, 0) is 42.7 Å². The Morgan fingerprint density at radius 3 is 2.80 bits per heavy atom. The van der Waals surface area contributed by atoms with Crippen LogP contribution in [-0.2, 0) is 4.74 Å². The quantitative estimate of drug-likeness (QED) is 0.820. The van der Waals surface area contributed by atoms with Crippen molar-refractivity contribution in [3.63, 3.8) is 0 Å². The van der Waals surface area contributed by atoms with Crippen molar-refractivity contribution in [2.24, 2.45) is 0 Å². The molecule has 1 N–H and O–H groups in total. The lowest BCUT2D eigenvalue weighted by Crippen LogP contribution is -2.27. The fourth-order valence-corrected chi connectivity index (χ4v) is 3.13. The summed E-state index contributed by atoms with van der Waals surface area (Å²) in [5.41, 5.74) is 1.61. The SMILES string of the molecule is COCCNC(=O)c1ccc(N2CCC[C@H]2c2ccc(F)cc2)nc1. The molecule has 1 aromatic carbocycles. The van der Waals surface area contributed by atoms with Crippen molar-refractivity contribution in [2.75, 3.05) is 31.7 Å². The van der Waals surface area contributed by atoms with Crippen molar-refractivity contribution < 1.29 is 13.9 Å². The largest absolute Gasteiger partial charge is 0.383 e. The van der Waals surface area contributed by atoms with Crippen molar-refractivity contribution in [2.45, 2.75) is 18.9 Å². The number of ether oxygens (including phenoxy) is 1. The van der Waals surface area contributed by atoms with Crippen LogP contribution in [-0.4, -0.2) is 37.7 Å². The Balaban J connectivity index is 1.70. The van der Waals surface area contributed by atoms with E-state index in [2.05, 4.69) is 15.2 Å². The molecular weight excluding hydrogens is 321 g/mol. The Morgan fingerprint density at radius 2 is 2.12 bits per heavy atom. The third-order valence-electron chi connectivity index (χ3n) is 4.40. The van der Waals surface area contributed by atoms with Crippen LogP contribution in [0.5, 0.6) is 0 Å². The molecule has 0 unspecified atom stereocenters. The van der Waals surface area contributed by atoms with Crippen LogP contribution in [0.3, 0.4) is 0 Å². The Bertz CT molecular complexity index is 704. The fraction of sp³-hybridized carbons (Fsp3) is 0.368. The minimum atomic E-state index is -0.227. The van der Waals surface area contributed by atoms with Crippen LogP contribution in [0.2, 0.25) is 0 Å². The van der Waals surface area contributed by atoms with E-state index in [4.69, 9.17) is 4.74 Å². The number of hydrogen-bond acceptors (Lipinski definition) is 4. The molecule has 5 nitrogen and oxygen atoms in total. The molecule has 0 spiro atoms. The van der Waals surface area contributed by atoms with Crippen molar-refractivity contribution in [1.82, 2.24) is 10.3 Å². The number of hydrogen-bond donors (Lipinski definition) is 1. The summed E-state index contributed by atoms with van der Waals surface area (Å²) in [6.45, 7) is 1.84. The zero-order valence-electron chi connectivity index (χ0n) is 14.2. The van der Waals surface area contributed by atoms with E-state index in [-0.39, 0.29) is 17.8 Å². The monoisotopic (exact) mass is 343 g/mol. The maximum atomic E-state index is 13.2. The highest BCUT2D eigenvalue weighted by Crippen LogP contribution is 2.35. The molecule has 0 aliphatic carbocycles. The van der Waals surface area contributed by atoms with Crippen molar-refractivity contribution in [1.29, 1.82) is 0 Å². The second-order valence-corrected chi connectivity index (χ2v) is 6.06. The van der Waals surface area contributed by atoms with Crippen LogP contribution in [0.1, 0.15) is 34.8 Å². The normalized spacial score (nSPS) is 16.9. The van der Waals surface area contributed by atoms with Gasteiger partial charge in [0, 0.05) is 26.4 Å². The van der Waals surface area contributed by atoms with Crippen LogP contribution in [0, 0.1) is 5.82 Å². The first kappa shape index (κ1) is 17.4. The molecule has 132 valence electrons. The summed E-state index contributed by atoms with van der Waals surface area (Å²) in [7, 11) is 1.59. The maximum Gasteiger partial charge on any atom is 0.252 e. The van der Waals surface area contributed by atoms with E-state index in [1.54, 1.807) is 19.4 Å². The highest BCUT2D eigenvalue weighted by atomic mass is 19.1. The van der Waals surface area contributed by atoms with E-state index < -0.39 is 0 Å². The summed E-state index contributed by atoms with van der Waals surface area (Å²) in [5, 5.41) is 2.78. The summed E-state index contributed by atoms with van der Waals surface area (Å²) in [5.74, 6) is 0.447. The predicted molar refractivity (Wildman–Crippen MR) is 94.2 cm³/mol. The summed E-state index contributed by atoms with van der Waals surface area (Å²) in [4.78, 5) is 18.7. The summed E-state index contributed by atoms with van der Waals surface area (Å²) in [6.07, 6.45) is 3.66. The molecule has 0 radical (unpaired) electrons. The molecular formula is C19H22FN3O2. The van der Waals surface area contributed by atoms with Crippen molar-refractivity contribution in [3.05, 3.63) is 59.5 Å². The van der Waals surface area contributed by atoms with Crippen molar-refractivity contribution in [3.8, 4) is 0 Å². The summed E-state index contributed by atoms with van der Waals surface area (Å²) < 4.78 is 18.1. The number of pyridine rings is 1. The maximum absolute atomic E-state index is 13.2. The van der Waals surface area contributed by atoms with Gasteiger partial charge in [0.05, 0.1) is 18.2 Å². The fourth-order valence-electron chi connectivity index (χ4n) is 3.13. The molecule has 25 heavy (non-hydrogen) atoms. The third kappa shape index (κ3) is 4.14. The highest BCUT2D eigenvalue weighted by Gasteiger charge is 2.27. The van der Waals surface area contributed by atoms with Gasteiger partial charge in [0.25, 0.3) is 5.91 Å². The van der Waals surface area contributed by atoms with Gasteiger partial charge in [-0.15, -0.1) is 0 Å². The number of carbonyl (C=O) groups excluding carboxylic acids is 1. The lowest BCUT2D eigenvalue weighted by atomic mass is 10.0. The molecule has 1 aromatic heterocycles. The second-order valence-electron chi connectivity index (χ2n) is 6.06. The van der Waals surface area contributed by atoms with Gasteiger partial charge in [-0.1, -0.05) is 12.1 Å². The zero-order valence-corrected chi connectivity index (χ0v) is 14.2. The number of aromatic nitrogens is 1. The third-order valence-corrected chi connectivity index (χ3v) is 4.40. The van der Waals surface area contributed by atoms with Crippen LogP contribution in [0.15, 0.2) is 42.6 Å². The first-order valence-electron chi connectivity index (χ1n) is 8.44. The van der Waals surface area contributed by atoms with E-state index in [0.29, 0.717) is 18.7 Å². The molecule has 6 heteroatoms. The van der Waals surface area contributed by atoms with Gasteiger partial charge in [0.2, 0.25) is 0 Å². The number of benzene rings is 1. The lowest BCUT2D eigenvalue weighted by Gasteiger charge is -2.26. The summed E-state index contributed by atoms with van der Waals surface area (Å²) in [6, 6.07) is 10.5. The molecule has 1 aliphatic heterocycles. The van der Waals surface area contributed by atoms with Gasteiger partial charge in [0.15, 0.2) is 0 Å². The number of anilines is 1. The Kier molecular flexibility index (Phi) is 5.60. The average molecular weight is 343 g/mol. The van der Waals surface area contributed by atoms with Gasteiger partial charge < -0.3 is 15.0 Å². The second kappa shape index (κ2) is 8.07. The molecule has 1 aliphatic rings. The number of nitrogens with one attached hydrogen (secondary N) is 1. The minimum Gasteiger partial charge on any atom is -0.383 e. The molecule has 1 atom stereocenters. The van der Waals surface area contributed by atoms with Crippen molar-refractivity contribution >= 4 is 11.7 Å². The van der Waals surface area contributed by atoms with E-state index in [1.807, 2.05) is 18.2 Å². The van der Waals surface area contributed by atoms with Gasteiger partial charge >= 0.3 is 0 Å². The van der Waals surface area contributed by atoms with Gasteiger partial charge in [0.1, 0.15) is 11.6 Å². The Hall–Kier alpha value is -2.47. The molecule has 2 aromatic rings. The standard InChI is InChI=1S/C19H22FN3O2/c1-25-12-10-21-19(24)15-6-9-18(22-13-15)23-11-2-3-17(23)14-4-7-16(20)8-5-14/h4-9,13,17H,2-3,10-12H2,1H3,(H,21,24)/t17-/m0/s1. The van der Waals surface area contributed by atoms with Gasteiger partial charge in [-0.2, -0.15) is 0 Å². The molecule has 0 saturated carbocycles. The average Bonchev–Trinajstić information content (AvgIpc) is 3.12. The van der Waals surface area contributed by atoms with Gasteiger partial charge in [-0.3, -0.25) is 4.79 Å². The molecule has 3 rings (SSSR count). The first-order chi connectivity index (χ1) is 12.2. The Morgan fingerprint density at radius 1 is 1.32 bits per heavy atom. The molecule has 2 heterocycles. The number of rotatable bonds is 6. The van der Waals surface area contributed by atoms with Crippen LogP contribution in [0.4, 0.5) is 10.2 Å². The predicted octanol–water partition coefficient (Wildman–Crippen LogP) is 2.94. The molecule has 1 fully saturated rings. The topological polar surface area (TPSA) is 54.5 Å². The number of methoxy groups -OCH3 is 1. The smallest absolute Gasteiger partial charge is 0.252 e. The number of nitrogens with zero attached hydrogens (tertiary/aromatic N) is 2. The number of carbonyl (C=O) groups is 1. The number of halogens is 1. The lowest BCUT2D eigenvalue weighted by molar-refractivity contribution is 0.0937. The molecule has 0 bridgehead atoms. The van der Waals surface area contributed by atoms with Crippen LogP contribution < -0.4 is 10.2 Å². The van der Waals surface area contributed by atoms with Crippen LogP contribution in [0.25, 0.3) is 0 Å². The van der Waals surface area contributed by atoms with Crippen LogP contribution >= 0.6 is 0 Å². The molecule has 1 amide bonds.